The third kappa shape index (κ3) is 5.91. The molecule has 1 aliphatic rings. The molecule has 2 aromatic carbocycles. The maximum absolute atomic E-state index is 13.9. The highest BCUT2D eigenvalue weighted by Crippen LogP contribution is 2.42. The Hall–Kier alpha value is -3.60. The van der Waals surface area contributed by atoms with Gasteiger partial charge in [0.2, 0.25) is 0 Å². The van der Waals surface area contributed by atoms with Crippen LogP contribution in [0.2, 0.25) is 5.02 Å². The van der Waals surface area contributed by atoms with Gasteiger partial charge in [-0.15, -0.1) is 0 Å². The zero-order valence-electron chi connectivity index (χ0n) is 17.9. The number of benzene rings is 2. The van der Waals surface area contributed by atoms with Crippen LogP contribution in [0.1, 0.15) is 41.6 Å². The molecule has 0 unspecified atom stereocenters. The van der Waals surface area contributed by atoms with Crippen LogP contribution < -0.4 is 20.3 Å². The van der Waals surface area contributed by atoms with E-state index >= 15 is 0 Å². The number of halogens is 5. The number of amides is 1. The summed E-state index contributed by atoms with van der Waals surface area (Å²) in [5.74, 6) is -2.13. The van der Waals surface area contributed by atoms with Crippen LogP contribution in [0.3, 0.4) is 0 Å². The topological polar surface area (TPSA) is 93.3 Å². The van der Waals surface area contributed by atoms with Gasteiger partial charge in [-0.05, 0) is 49.9 Å². The Morgan fingerprint density at radius 1 is 1.09 bits per heavy atom. The number of nitrogens with zero attached hydrogens (tertiary/aromatic N) is 1. The number of anilines is 1. The van der Waals surface area contributed by atoms with E-state index in [9.17, 15) is 27.2 Å². The second-order valence-corrected chi connectivity index (χ2v) is 8.24. The lowest BCUT2D eigenvalue weighted by Crippen LogP contribution is -2.17. The molecule has 1 aliphatic carbocycles. The smallest absolute Gasteiger partial charge is 0.417 e. The Balaban J connectivity index is 1.74. The molecule has 1 fully saturated rings. The summed E-state index contributed by atoms with van der Waals surface area (Å²) >= 11 is 5.83. The van der Waals surface area contributed by atoms with Gasteiger partial charge >= 0.3 is 6.18 Å². The lowest BCUT2D eigenvalue weighted by molar-refractivity contribution is -0.137. The molecule has 184 valence electrons. The minimum atomic E-state index is -4.84. The Morgan fingerprint density at radius 3 is 2.51 bits per heavy atom. The average molecular weight is 512 g/mol. The maximum Gasteiger partial charge on any atom is 0.417 e. The molecule has 1 saturated carbocycles. The quantitative estimate of drug-likeness (QED) is 0.399. The van der Waals surface area contributed by atoms with Crippen molar-refractivity contribution in [3.05, 3.63) is 74.9 Å². The fraction of sp³-hybridized carbons (Fsp3) is 0.261. The highest BCUT2D eigenvalue weighted by atomic mass is 35.5. The lowest BCUT2D eigenvalue weighted by Gasteiger charge is -2.19. The van der Waals surface area contributed by atoms with Crippen molar-refractivity contribution < 1.29 is 31.8 Å². The number of aromatic nitrogens is 2. The Kier molecular flexibility index (Phi) is 6.97. The first-order valence-corrected chi connectivity index (χ1v) is 10.9. The fourth-order valence-electron chi connectivity index (χ4n) is 3.64. The molecule has 35 heavy (non-hydrogen) atoms. The molecule has 0 bridgehead atoms. The molecule has 4 rings (SSSR count). The molecule has 1 heterocycles. The van der Waals surface area contributed by atoms with Gasteiger partial charge in [0.25, 0.3) is 11.5 Å². The molecule has 0 saturated heterocycles. The van der Waals surface area contributed by atoms with E-state index < -0.39 is 39.8 Å². The first kappa shape index (κ1) is 24.5. The van der Waals surface area contributed by atoms with Crippen molar-refractivity contribution in [2.75, 3.05) is 5.32 Å². The number of alkyl halides is 3. The van der Waals surface area contributed by atoms with E-state index in [-0.39, 0.29) is 28.9 Å². The van der Waals surface area contributed by atoms with E-state index in [4.69, 9.17) is 21.1 Å². The van der Waals surface area contributed by atoms with Gasteiger partial charge in [0.15, 0.2) is 11.5 Å². The summed E-state index contributed by atoms with van der Waals surface area (Å²) in [5.41, 5.74) is -2.21. The summed E-state index contributed by atoms with van der Waals surface area (Å²) in [5, 5.41) is 7.30. The van der Waals surface area contributed by atoms with Crippen molar-refractivity contribution in [2.45, 2.75) is 38.0 Å². The number of hydrogen-bond acceptors (Lipinski definition) is 5. The first-order valence-electron chi connectivity index (χ1n) is 10.5. The van der Waals surface area contributed by atoms with Gasteiger partial charge in [-0.1, -0.05) is 11.6 Å². The normalized spacial score (nSPS) is 14.1. The fourth-order valence-corrected chi connectivity index (χ4v) is 3.91. The van der Waals surface area contributed by atoms with Gasteiger partial charge in [-0.25, -0.2) is 9.49 Å². The summed E-state index contributed by atoms with van der Waals surface area (Å²) in [6.45, 7) is 0. The summed E-state index contributed by atoms with van der Waals surface area (Å²) in [6, 6.07) is 5.73. The largest absolute Gasteiger partial charge is 0.486 e. The highest BCUT2D eigenvalue weighted by Gasteiger charge is 2.35. The molecule has 1 aromatic heterocycles. The van der Waals surface area contributed by atoms with Crippen LogP contribution in [-0.4, -0.2) is 22.2 Å². The third-order valence-corrected chi connectivity index (χ3v) is 5.58. The van der Waals surface area contributed by atoms with E-state index in [1.165, 1.54) is 6.07 Å². The number of ether oxygens (including phenoxy) is 2. The number of hydrogen-bond donors (Lipinski definition) is 2. The molecular weight excluding hydrogens is 494 g/mol. The number of nitrogens with one attached hydrogen (secondary N) is 2. The van der Waals surface area contributed by atoms with Crippen LogP contribution >= 0.6 is 11.6 Å². The molecule has 1 amide bonds. The number of carbonyl (C=O) groups is 1. The molecule has 0 atom stereocenters. The lowest BCUT2D eigenvalue weighted by atomic mass is 10.1. The average Bonchev–Trinajstić information content (AvgIpc) is 3.28. The van der Waals surface area contributed by atoms with Gasteiger partial charge in [-0.2, -0.15) is 18.3 Å². The van der Waals surface area contributed by atoms with E-state index in [0.29, 0.717) is 6.07 Å². The van der Waals surface area contributed by atoms with Crippen molar-refractivity contribution in [1.29, 1.82) is 0 Å². The zero-order chi connectivity index (χ0) is 25.2. The van der Waals surface area contributed by atoms with E-state index in [1.807, 2.05) is 0 Å². The summed E-state index contributed by atoms with van der Waals surface area (Å²) < 4.78 is 66.0. The van der Waals surface area contributed by atoms with Crippen LogP contribution in [-0.2, 0) is 6.18 Å². The van der Waals surface area contributed by atoms with Gasteiger partial charge in [0.1, 0.15) is 11.6 Å². The van der Waals surface area contributed by atoms with Gasteiger partial charge in [0.05, 0.1) is 34.1 Å². The Morgan fingerprint density at radius 2 is 1.83 bits per heavy atom. The van der Waals surface area contributed by atoms with E-state index in [1.54, 1.807) is 0 Å². The molecular formula is C23H18ClF4N3O4. The second-order valence-electron chi connectivity index (χ2n) is 7.83. The predicted molar refractivity (Wildman–Crippen MR) is 119 cm³/mol. The number of carbonyl (C=O) groups excluding carboxylic acids is 1. The predicted octanol–water partition coefficient (Wildman–Crippen LogP) is 5.95. The van der Waals surface area contributed by atoms with Crippen LogP contribution in [0.15, 0.2) is 47.4 Å². The Labute approximate surface area is 201 Å². The molecule has 12 heteroatoms. The van der Waals surface area contributed by atoms with E-state index in [2.05, 4.69) is 15.5 Å². The minimum Gasteiger partial charge on any atom is -0.486 e. The summed E-state index contributed by atoms with van der Waals surface area (Å²) in [4.78, 5) is 24.4. The monoisotopic (exact) mass is 511 g/mol. The summed E-state index contributed by atoms with van der Waals surface area (Å²) in [6.07, 6.45) is -0.541. The number of rotatable bonds is 6. The van der Waals surface area contributed by atoms with Crippen LogP contribution in [0.25, 0.3) is 0 Å². The SMILES string of the molecule is O=C(Nc1cn[nH]c(=O)c1)c1cc(Cl)c(C(F)(F)F)cc1Oc1ccc(F)cc1OC1CCCC1. The first-order chi connectivity index (χ1) is 16.6. The zero-order valence-corrected chi connectivity index (χ0v) is 18.7. The van der Waals surface area contributed by atoms with Crippen molar-refractivity contribution in [2.24, 2.45) is 0 Å². The van der Waals surface area contributed by atoms with Crippen LogP contribution in [0.4, 0.5) is 23.2 Å². The standard InChI is InChI=1S/C23H18ClF4N3O4/c24-17-9-15(22(33)30-13-8-21(32)31-29-11-13)19(10-16(17)23(26,27)28)35-18-6-5-12(25)7-20(18)34-14-3-1-2-4-14/h5-11,14H,1-4H2,(H2,30,31,32,33). The minimum absolute atomic E-state index is 0.00671. The Bertz CT molecular complexity index is 1310. The van der Waals surface area contributed by atoms with Crippen molar-refractivity contribution in [1.82, 2.24) is 10.2 Å². The molecule has 0 radical (unpaired) electrons. The van der Waals surface area contributed by atoms with Gasteiger partial charge in [-0.3, -0.25) is 9.59 Å². The highest BCUT2D eigenvalue weighted by molar-refractivity contribution is 6.32. The van der Waals surface area contributed by atoms with Crippen molar-refractivity contribution in [3.63, 3.8) is 0 Å². The third-order valence-electron chi connectivity index (χ3n) is 5.26. The summed E-state index contributed by atoms with van der Waals surface area (Å²) in [7, 11) is 0. The molecule has 2 N–H and O–H groups in total. The van der Waals surface area contributed by atoms with Crippen LogP contribution in [0.5, 0.6) is 17.2 Å². The van der Waals surface area contributed by atoms with Gasteiger partial charge in [0, 0.05) is 12.1 Å². The molecule has 0 aliphatic heterocycles. The number of aromatic amines is 1. The van der Waals surface area contributed by atoms with Crippen molar-refractivity contribution >= 4 is 23.2 Å². The maximum atomic E-state index is 13.9. The van der Waals surface area contributed by atoms with Crippen molar-refractivity contribution in [3.8, 4) is 17.2 Å². The van der Waals surface area contributed by atoms with Gasteiger partial charge < -0.3 is 14.8 Å². The molecule has 7 nitrogen and oxygen atoms in total. The van der Waals surface area contributed by atoms with E-state index in [0.717, 1.165) is 56.1 Å². The molecule has 0 spiro atoms. The second kappa shape index (κ2) is 9.95. The van der Waals surface area contributed by atoms with Crippen LogP contribution in [0, 0.1) is 5.82 Å². The number of H-pyrrole nitrogens is 1. The molecule has 3 aromatic rings.